The standard InChI is InChI=1S/C54H30B2N2O3S/c1-3-15-31(16-4-1)57-39-23-11-7-19-33(39)49-41(57)28-46-51-53(49)60-43-25-13-9-21-35(43)55(51)37-27-38-45(30-44(37)59-46)61-54-50-34-20-8-12-24-40(34)58(32-17-5-2-6-18-32)42(50)29-48-52(54)56(38)36-22-10-14-26-47(36)62-48/h1-30H. The fraction of sp³-hybridized carbons (Fsp3) is 0. The molecule has 15 rings (SSSR count). The molecule has 0 N–H and O–H groups in total. The van der Waals surface area contributed by atoms with Gasteiger partial charge in [0.1, 0.15) is 34.5 Å². The molecular formula is C54H30B2N2O3S. The van der Waals surface area contributed by atoms with Crippen LogP contribution in [0.4, 0.5) is 0 Å². The van der Waals surface area contributed by atoms with Crippen LogP contribution >= 0.6 is 11.8 Å². The quantitative estimate of drug-likeness (QED) is 0.163. The second-order valence-electron chi connectivity index (χ2n) is 16.7. The van der Waals surface area contributed by atoms with Crippen LogP contribution in [0.25, 0.3) is 55.0 Å². The summed E-state index contributed by atoms with van der Waals surface area (Å²) in [7, 11) is 0. The van der Waals surface area contributed by atoms with Gasteiger partial charge in [0.05, 0.1) is 32.8 Å². The Morgan fingerprint density at radius 2 is 0.887 bits per heavy atom. The van der Waals surface area contributed by atoms with E-state index in [9.17, 15) is 0 Å². The van der Waals surface area contributed by atoms with Crippen molar-refractivity contribution in [1.82, 2.24) is 9.13 Å². The molecule has 5 nitrogen and oxygen atoms in total. The van der Waals surface area contributed by atoms with Gasteiger partial charge in [0.2, 0.25) is 0 Å². The Bertz CT molecular complexity index is 3770. The number of nitrogens with zero attached hydrogens (tertiary/aromatic N) is 2. The lowest BCUT2D eigenvalue weighted by molar-refractivity contribution is 0.459. The van der Waals surface area contributed by atoms with Crippen molar-refractivity contribution in [3.63, 3.8) is 0 Å². The fourth-order valence-electron chi connectivity index (χ4n) is 11.1. The largest absolute Gasteiger partial charge is 0.458 e. The summed E-state index contributed by atoms with van der Waals surface area (Å²) in [5, 5.41) is 4.53. The van der Waals surface area contributed by atoms with Crippen LogP contribution in [0.1, 0.15) is 0 Å². The van der Waals surface area contributed by atoms with Crippen LogP contribution in [-0.2, 0) is 0 Å². The van der Waals surface area contributed by atoms with Crippen LogP contribution in [-0.4, -0.2) is 22.6 Å². The molecule has 4 aliphatic heterocycles. The van der Waals surface area contributed by atoms with Crippen molar-refractivity contribution in [1.29, 1.82) is 0 Å². The van der Waals surface area contributed by atoms with Gasteiger partial charge in [-0.25, -0.2) is 0 Å². The number of rotatable bonds is 2. The van der Waals surface area contributed by atoms with E-state index in [-0.39, 0.29) is 13.4 Å². The Kier molecular flexibility index (Phi) is 6.46. The molecular weight excluding hydrogens is 778 g/mol. The van der Waals surface area contributed by atoms with Gasteiger partial charge in [-0.1, -0.05) is 132 Å². The summed E-state index contributed by atoms with van der Waals surface area (Å²) in [6.07, 6.45) is 0. The van der Waals surface area contributed by atoms with Crippen molar-refractivity contribution in [3.8, 4) is 45.9 Å². The third kappa shape index (κ3) is 4.27. The third-order valence-corrected chi connectivity index (χ3v) is 14.7. The van der Waals surface area contributed by atoms with Gasteiger partial charge in [-0.3, -0.25) is 0 Å². The molecule has 4 aliphatic rings. The Hall–Kier alpha value is -7.54. The van der Waals surface area contributed by atoms with Gasteiger partial charge < -0.3 is 23.3 Å². The van der Waals surface area contributed by atoms with Gasteiger partial charge in [0.25, 0.3) is 13.4 Å². The van der Waals surface area contributed by atoms with Crippen molar-refractivity contribution >= 4 is 102 Å². The molecule has 0 radical (unpaired) electrons. The summed E-state index contributed by atoms with van der Waals surface area (Å²) in [5.74, 6) is 5.06. The van der Waals surface area contributed by atoms with E-state index in [4.69, 9.17) is 14.2 Å². The Morgan fingerprint density at radius 3 is 1.60 bits per heavy atom. The smallest absolute Gasteiger partial charge is 0.260 e. The number of fused-ring (bicyclic) bond motifs is 16. The number of hydrogen-bond donors (Lipinski definition) is 0. The topological polar surface area (TPSA) is 37.6 Å². The molecule has 0 saturated heterocycles. The van der Waals surface area contributed by atoms with Gasteiger partial charge in [0, 0.05) is 49.5 Å². The molecule has 0 fully saturated rings. The Balaban J connectivity index is 1.01. The molecule has 0 aliphatic carbocycles. The molecule has 0 amide bonds. The third-order valence-electron chi connectivity index (χ3n) is 13.5. The number of para-hydroxylation sites is 5. The molecule has 9 aromatic carbocycles. The predicted octanol–water partition coefficient (Wildman–Crippen LogP) is 9.69. The van der Waals surface area contributed by atoms with E-state index in [0.717, 1.165) is 106 Å². The number of hydrogen-bond acceptors (Lipinski definition) is 4. The lowest BCUT2D eigenvalue weighted by atomic mass is 9.32. The van der Waals surface area contributed by atoms with Crippen molar-refractivity contribution < 1.29 is 14.2 Å². The first-order valence-corrected chi connectivity index (χ1v) is 22.0. The zero-order chi connectivity index (χ0) is 40.2. The van der Waals surface area contributed by atoms with Crippen molar-refractivity contribution in [2.24, 2.45) is 0 Å². The highest BCUT2D eigenvalue weighted by molar-refractivity contribution is 8.00. The molecule has 11 aromatic rings. The molecule has 6 heterocycles. The Morgan fingerprint density at radius 1 is 0.355 bits per heavy atom. The summed E-state index contributed by atoms with van der Waals surface area (Å²) in [4.78, 5) is 2.48. The van der Waals surface area contributed by atoms with E-state index in [1.165, 1.54) is 26.1 Å². The summed E-state index contributed by atoms with van der Waals surface area (Å²) >= 11 is 1.85. The van der Waals surface area contributed by atoms with Gasteiger partial charge in [-0.15, -0.1) is 0 Å². The average molecular weight is 809 g/mol. The van der Waals surface area contributed by atoms with Crippen LogP contribution in [0.2, 0.25) is 0 Å². The van der Waals surface area contributed by atoms with Crippen LogP contribution in [0.3, 0.4) is 0 Å². The summed E-state index contributed by atoms with van der Waals surface area (Å²) in [6, 6.07) is 65.2. The second-order valence-corrected chi connectivity index (χ2v) is 17.8. The molecule has 8 heteroatoms. The van der Waals surface area contributed by atoms with E-state index in [1.54, 1.807) is 0 Å². The van der Waals surface area contributed by atoms with Gasteiger partial charge in [0.15, 0.2) is 0 Å². The predicted molar refractivity (Wildman–Crippen MR) is 255 cm³/mol. The molecule has 0 spiro atoms. The molecule has 286 valence electrons. The minimum atomic E-state index is -0.123. The van der Waals surface area contributed by atoms with E-state index in [2.05, 4.69) is 191 Å². The number of ether oxygens (including phenoxy) is 3. The first kappa shape index (κ1) is 33.2. The maximum absolute atomic E-state index is 7.39. The summed E-state index contributed by atoms with van der Waals surface area (Å²) in [5.41, 5.74) is 13.6. The number of aromatic nitrogens is 2. The molecule has 0 saturated carbocycles. The zero-order valence-electron chi connectivity index (χ0n) is 33.0. The Labute approximate surface area is 360 Å². The highest BCUT2D eigenvalue weighted by atomic mass is 32.2. The van der Waals surface area contributed by atoms with Crippen LogP contribution < -0.4 is 47.0 Å². The number of benzene rings is 9. The minimum Gasteiger partial charge on any atom is -0.458 e. The van der Waals surface area contributed by atoms with Crippen LogP contribution in [0, 0.1) is 0 Å². The zero-order valence-corrected chi connectivity index (χ0v) is 33.8. The van der Waals surface area contributed by atoms with Crippen molar-refractivity contribution in [2.75, 3.05) is 0 Å². The fourth-order valence-corrected chi connectivity index (χ4v) is 12.2. The van der Waals surface area contributed by atoms with Gasteiger partial charge >= 0.3 is 0 Å². The van der Waals surface area contributed by atoms with Crippen LogP contribution in [0.5, 0.6) is 34.5 Å². The van der Waals surface area contributed by atoms with Crippen molar-refractivity contribution in [3.05, 3.63) is 182 Å². The van der Waals surface area contributed by atoms with Gasteiger partial charge in [-0.05, 0) is 76.4 Å². The molecule has 0 unspecified atom stereocenters. The molecule has 62 heavy (non-hydrogen) atoms. The van der Waals surface area contributed by atoms with E-state index < -0.39 is 0 Å². The highest BCUT2D eigenvalue weighted by Crippen LogP contribution is 2.48. The van der Waals surface area contributed by atoms with Crippen LogP contribution in [0.15, 0.2) is 192 Å². The SMILES string of the molecule is c1ccc(-n2c3ccccc3c3c4c5c(cc32)Oc2cc3c(cc2B5c2ccccc2O4)B2c4ccccc4Sc4cc5c(c(c42)O3)c2ccccc2n5-c2ccccc2)cc1. The van der Waals surface area contributed by atoms with Crippen molar-refractivity contribution in [2.45, 2.75) is 9.79 Å². The highest BCUT2D eigenvalue weighted by Gasteiger charge is 2.46. The first-order chi connectivity index (χ1) is 30.8. The maximum Gasteiger partial charge on any atom is 0.260 e. The lowest BCUT2D eigenvalue weighted by Crippen LogP contribution is -2.61. The maximum atomic E-state index is 7.39. The monoisotopic (exact) mass is 808 g/mol. The van der Waals surface area contributed by atoms with E-state index in [1.807, 2.05) is 11.8 Å². The molecule has 0 bridgehead atoms. The average Bonchev–Trinajstić information content (AvgIpc) is 3.84. The van der Waals surface area contributed by atoms with Gasteiger partial charge in [-0.2, -0.15) is 0 Å². The molecule has 2 aromatic heterocycles. The lowest BCUT2D eigenvalue weighted by Gasteiger charge is -2.37. The normalized spacial score (nSPS) is 13.7. The minimum absolute atomic E-state index is 0.0444. The summed E-state index contributed by atoms with van der Waals surface area (Å²) < 4.78 is 26.4. The first-order valence-electron chi connectivity index (χ1n) is 21.1. The van der Waals surface area contributed by atoms with E-state index in [0.29, 0.717) is 0 Å². The second kappa shape index (κ2) is 12.1. The van der Waals surface area contributed by atoms with E-state index >= 15 is 0 Å². The summed E-state index contributed by atoms with van der Waals surface area (Å²) in [6.45, 7) is -0.167. The molecule has 0 atom stereocenters.